The zero-order chi connectivity index (χ0) is 53.6. The minimum Gasteiger partial charge on any atom is -0.462 e. The lowest BCUT2D eigenvalue weighted by molar-refractivity contribution is -0.167. The summed E-state index contributed by atoms with van der Waals surface area (Å²) in [6.45, 7) is 6.54. The van der Waals surface area contributed by atoms with E-state index in [0.29, 0.717) is 19.3 Å². The van der Waals surface area contributed by atoms with Crippen molar-refractivity contribution in [2.24, 2.45) is 0 Å². The van der Waals surface area contributed by atoms with Crippen LogP contribution in [0.25, 0.3) is 0 Å². The molecule has 0 amide bonds. The number of esters is 3. The summed E-state index contributed by atoms with van der Waals surface area (Å²) in [5.41, 5.74) is 0. The summed E-state index contributed by atoms with van der Waals surface area (Å²) in [4.78, 5) is 38.3. The maximum absolute atomic E-state index is 12.9. The molecule has 0 aromatic rings. The minimum atomic E-state index is -0.783. The number of rotatable bonds is 58. The Morgan fingerprint density at radius 2 is 0.527 bits per heavy atom. The Hall–Kier alpha value is -3.15. The second-order valence-corrected chi connectivity index (χ2v) is 21.3. The molecule has 0 radical (unpaired) electrons. The van der Waals surface area contributed by atoms with Crippen molar-refractivity contribution in [1.82, 2.24) is 0 Å². The normalized spacial score (nSPS) is 12.5. The van der Waals surface area contributed by atoms with Crippen molar-refractivity contribution < 1.29 is 28.6 Å². The molecule has 0 saturated heterocycles. The Morgan fingerprint density at radius 3 is 0.824 bits per heavy atom. The second-order valence-electron chi connectivity index (χ2n) is 21.3. The Labute approximate surface area is 459 Å². The lowest BCUT2D eigenvalue weighted by Crippen LogP contribution is -2.30. The van der Waals surface area contributed by atoms with E-state index in [1.807, 2.05) is 0 Å². The van der Waals surface area contributed by atoms with Gasteiger partial charge in [0.05, 0.1) is 0 Å². The van der Waals surface area contributed by atoms with Crippen LogP contribution >= 0.6 is 0 Å². The van der Waals surface area contributed by atoms with Gasteiger partial charge in [-0.2, -0.15) is 0 Å². The zero-order valence-electron chi connectivity index (χ0n) is 49.1. The molecule has 74 heavy (non-hydrogen) atoms. The molecule has 0 rings (SSSR count). The van der Waals surface area contributed by atoms with Gasteiger partial charge in [0.1, 0.15) is 13.2 Å². The van der Waals surface area contributed by atoms with Gasteiger partial charge < -0.3 is 14.2 Å². The predicted octanol–water partition coefficient (Wildman–Crippen LogP) is 21.7. The first kappa shape index (κ1) is 70.8. The Bertz CT molecular complexity index is 1370. The highest BCUT2D eigenvalue weighted by molar-refractivity contribution is 5.71. The third-order valence-corrected chi connectivity index (χ3v) is 13.9. The van der Waals surface area contributed by atoms with Gasteiger partial charge in [-0.1, -0.05) is 286 Å². The van der Waals surface area contributed by atoms with Crippen molar-refractivity contribution in [3.8, 4) is 0 Å². The summed E-state index contributed by atoms with van der Waals surface area (Å²) in [6.07, 6.45) is 80.5. The molecule has 0 aromatic carbocycles. The largest absolute Gasteiger partial charge is 0.462 e. The van der Waals surface area contributed by atoms with Crippen molar-refractivity contribution >= 4 is 17.9 Å². The molecule has 6 heteroatoms. The van der Waals surface area contributed by atoms with Crippen LogP contribution in [0.15, 0.2) is 72.9 Å². The molecule has 0 aliphatic rings. The molecule has 0 fully saturated rings. The summed E-state index contributed by atoms with van der Waals surface area (Å²) in [6, 6.07) is 0. The summed E-state index contributed by atoms with van der Waals surface area (Å²) >= 11 is 0. The number of hydrogen-bond acceptors (Lipinski definition) is 6. The zero-order valence-corrected chi connectivity index (χ0v) is 49.1. The predicted molar refractivity (Wildman–Crippen MR) is 321 cm³/mol. The molecule has 6 nitrogen and oxygen atoms in total. The summed E-state index contributed by atoms with van der Waals surface area (Å²) in [5, 5.41) is 0. The average molecular weight is 1030 g/mol. The molecule has 0 aromatic heterocycles. The van der Waals surface area contributed by atoms with Crippen molar-refractivity contribution in [3.05, 3.63) is 72.9 Å². The first-order valence-electron chi connectivity index (χ1n) is 31.9. The maximum atomic E-state index is 12.9. The smallest absolute Gasteiger partial charge is 0.306 e. The van der Waals surface area contributed by atoms with Crippen LogP contribution in [0.1, 0.15) is 323 Å². The van der Waals surface area contributed by atoms with E-state index in [4.69, 9.17) is 14.2 Å². The van der Waals surface area contributed by atoms with Gasteiger partial charge in [0.15, 0.2) is 6.10 Å². The molecule has 0 saturated carbocycles. The van der Waals surface area contributed by atoms with Gasteiger partial charge in [0, 0.05) is 19.3 Å². The van der Waals surface area contributed by atoms with Crippen molar-refractivity contribution in [3.63, 3.8) is 0 Å². The number of carbonyl (C=O) groups is 3. The number of carbonyl (C=O) groups excluding carboxylic acids is 3. The van der Waals surface area contributed by atoms with Gasteiger partial charge in [0.2, 0.25) is 0 Å². The third kappa shape index (κ3) is 59.7. The number of hydrogen-bond donors (Lipinski definition) is 0. The van der Waals surface area contributed by atoms with Crippen LogP contribution in [0.3, 0.4) is 0 Å². The van der Waals surface area contributed by atoms with E-state index in [9.17, 15) is 14.4 Å². The summed E-state index contributed by atoms with van der Waals surface area (Å²) < 4.78 is 16.9. The van der Waals surface area contributed by atoms with Crippen LogP contribution in [0.2, 0.25) is 0 Å². The van der Waals surface area contributed by atoms with Crippen molar-refractivity contribution in [1.29, 1.82) is 0 Å². The van der Waals surface area contributed by atoms with Crippen LogP contribution in [0, 0.1) is 0 Å². The van der Waals surface area contributed by atoms with Gasteiger partial charge >= 0.3 is 17.9 Å². The maximum Gasteiger partial charge on any atom is 0.306 e. The van der Waals surface area contributed by atoms with Gasteiger partial charge in [-0.15, -0.1) is 0 Å². The third-order valence-electron chi connectivity index (χ3n) is 13.9. The molecule has 1 unspecified atom stereocenters. The van der Waals surface area contributed by atoms with E-state index in [2.05, 4.69) is 93.7 Å². The highest BCUT2D eigenvalue weighted by Crippen LogP contribution is 2.17. The van der Waals surface area contributed by atoms with Crippen LogP contribution in [0.5, 0.6) is 0 Å². The molecule has 0 N–H and O–H groups in total. The number of ether oxygens (including phenoxy) is 3. The lowest BCUT2D eigenvalue weighted by Gasteiger charge is -2.18. The monoisotopic (exact) mass is 1030 g/mol. The minimum absolute atomic E-state index is 0.0804. The first-order chi connectivity index (χ1) is 36.5. The molecule has 0 bridgehead atoms. The highest BCUT2D eigenvalue weighted by Gasteiger charge is 2.19. The van der Waals surface area contributed by atoms with Gasteiger partial charge in [-0.25, -0.2) is 0 Å². The standard InChI is InChI=1S/C68H120O6/c1-4-7-10-13-16-19-22-25-28-30-31-32-33-34-35-36-37-38-41-43-46-49-52-55-58-61-67(70)73-64-65(63-72-66(69)60-57-54-51-48-45-42-39-27-24-21-18-15-12-9-6-3)74-68(71)62-59-56-53-50-47-44-40-29-26-23-20-17-14-11-8-5-2/h9,12,18,21-22,25,27,30-31,33-34,39,65H,4-8,10-11,13-17,19-20,23-24,26,28-29,32,35-38,40-64H2,1-3H3/b12-9-,21-18-,25-22-,31-30-,34-33-,39-27-. The summed E-state index contributed by atoms with van der Waals surface area (Å²) in [7, 11) is 0. The fourth-order valence-electron chi connectivity index (χ4n) is 9.17. The molecular formula is C68H120O6. The molecule has 428 valence electrons. The van der Waals surface area contributed by atoms with Crippen molar-refractivity contribution in [2.75, 3.05) is 13.2 Å². The van der Waals surface area contributed by atoms with Crippen molar-refractivity contribution in [2.45, 2.75) is 329 Å². The van der Waals surface area contributed by atoms with E-state index in [1.54, 1.807) is 0 Å². The van der Waals surface area contributed by atoms with Gasteiger partial charge in [0.25, 0.3) is 0 Å². The van der Waals surface area contributed by atoms with E-state index in [1.165, 1.54) is 173 Å². The molecule has 0 spiro atoms. The molecule has 0 aliphatic carbocycles. The van der Waals surface area contributed by atoms with Gasteiger partial charge in [-0.3, -0.25) is 14.4 Å². The SMILES string of the molecule is CC/C=C\C/C=C\C/C=C\CCCCCCCC(=O)OCC(COC(=O)CCCCCCCCCCCC/C=C\C/C=C\C/C=C\CCCCCCC)OC(=O)CCCCCCCCCCCCCCCCCC. The quantitative estimate of drug-likeness (QED) is 0.0261. The molecule has 1 atom stereocenters. The molecular weight excluding hydrogens is 913 g/mol. The van der Waals surface area contributed by atoms with Crippen LogP contribution in [0.4, 0.5) is 0 Å². The number of allylic oxidation sites excluding steroid dienone is 12. The first-order valence-corrected chi connectivity index (χ1v) is 31.9. The van der Waals surface area contributed by atoms with Gasteiger partial charge in [-0.05, 0) is 89.9 Å². The fourth-order valence-corrected chi connectivity index (χ4v) is 9.17. The molecule has 0 aliphatic heterocycles. The average Bonchev–Trinajstić information content (AvgIpc) is 3.40. The topological polar surface area (TPSA) is 78.9 Å². The van der Waals surface area contributed by atoms with E-state index in [0.717, 1.165) is 109 Å². The van der Waals surface area contributed by atoms with Crippen LogP contribution in [-0.4, -0.2) is 37.2 Å². The highest BCUT2D eigenvalue weighted by atomic mass is 16.6. The lowest BCUT2D eigenvalue weighted by atomic mass is 10.0. The van der Waals surface area contributed by atoms with Crippen LogP contribution in [-0.2, 0) is 28.6 Å². The molecule has 0 heterocycles. The number of unbranched alkanes of at least 4 members (excludes halogenated alkanes) is 35. The Balaban J connectivity index is 4.32. The summed E-state index contributed by atoms with van der Waals surface area (Å²) in [5.74, 6) is -0.886. The second kappa shape index (κ2) is 62.4. The van der Waals surface area contributed by atoms with Crippen LogP contribution < -0.4 is 0 Å². The Morgan fingerprint density at radius 1 is 0.284 bits per heavy atom. The van der Waals surface area contributed by atoms with E-state index in [-0.39, 0.29) is 31.1 Å². The fraction of sp³-hybridized carbons (Fsp3) is 0.779. The Kier molecular flexibility index (Phi) is 59.7. The van der Waals surface area contributed by atoms with E-state index < -0.39 is 6.10 Å². The van der Waals surface area contributed by atoms with E-state index >= 15 is 0 Å².